The highest BCUT2D eigenvalue weighted by atomic mass is 16.6. The molecule has 0 saturated carbocycles. The molecule has 2 rings (SSSR count). The van der Waals surface area contributed by atoms with Gasteiger partial charge in [0.25, 0.3) is 0 Å². The predicted molar refractivity (Wildman–Crippen MR) is 72.9 cm³/mol. The standard InChI is InChI=1S/C13H17N3O4/c1-20-13(17)10-6-7-14-12(11(10)16(18)19)15-8-4-2-3-5-9-15/h6-7H,2-5,8-9H2,1H3. The molecule has 1 aliphatic heterocycles. The molecule has 0 spiro atoms. The summed E-state index contributed by atoms with van der Waals surface area (Å²) in [7, 11) is 1.21. The van der Waals surface area contributed by atoms with Gasteiger partial charge in [0, 0.05) is 19.3 Å². The number of anilines is 1. The van der Waals surface area contributed by atoms with E-state index in [0.717, 1.165) is 38.8 Å². The molecule has 1 aliphatic rings. The molecule has 108 valence electrons. The minimum absolute atomic E-state index is 0.0493. The second-order valence-electron chi connectivity index (χ2n) is 4.68. The maximum atomic E-state index is 11.7. The molecule has 0 bridgehead atoms. The number of carbonyl (C=O) groups is 1. The van der Waals surface area contributed by atoms with Crippen LogP contribution in [-0.4, -0.2) is 36.1 Å². The highest BCUT2D eigenvalue weighted by Gasteiger charge is 2.29. The molecule has 0 atom stereocenters. The largest absolute Gasteiger partial charge is 0.465 e. The molecule has 7 nitrogen and oxygen atoms in total. The number of methoxy groups -OCH3 is 1. The Hall–Kier alpha value is -2.18. The number of esters is 1. The van der Waals surface area contributed by atoms with Crippen molar-refractivity contribution >= 4 is 17.5 Å². The molecule has 1 saturated heterocycles. The van der Waals surface area contributed by atoms with Gasteiger partial charge in [-0.2, -0.15) is 0 Å². The third-order valence-corrected chi connectivity index (χ3v) is 3.40. The van der Waals surface area contributed by atoms with Crippen LogP contribution in [0, 0.1) is 10.1 Å². The predicted octanol–water partition coefficient (Wildman–Crippen LogP) is 2.16. The van der Waals surface area contributed by atoms with Crippen LogP contribution in [0.4, 0.5) is 11.5 Å². The van der Waals surface area contributed by atoms with E-state index in [9.17, 15) is 14.9 Å². The first-order valence-corrected chi connectivity index (χ1v) is 6.62. The van der Waals surface area contributed by atoms with Crippen molar-refractivity contribution < 1.29 is 14.5 Å². The zero-order chi connectivity index (χ0) is 14.5. The van der Waals surface area contributed by atoms with Crippen molar-refractivity contribution in [2.45, 2.75) is 25.7 Å². The molecule has 0 radical (unpaired) electrons. The number of rotatable bonds is 3. The first-order chi connectivity index (χ1) is 9.65. The summed E-state index contributed by atoms with van der Waals surface area (Å²) in [6.45, 7) is 1.44. The summed E-state index contributed by atoms with van der Waals surface area (Å²) in [5.41, 5.74) is -0.312. The van der Waals surface area contributed by atoms with Gasteiger partial charge in [-0.15, -0.1) is 0 Å². The maximum absolute atomic E-state index is 11.7. The molecular formula is C13H17N3O4. The minimum Gasteiger partial charge on any atom is -0.465 e. The van der Waals surface area contributed by atoms with Crippen LogP contribution in [0.1, 0.15) is 36.0 Å². The Balaban J connectivity index is 2.46. The molecule has 0 aliphatic carbocycles. The van der Waals surface area contributed by atoms with E-state index in [1.165, 1.54) is 19.4 Å². The Morgan fingerprint density at radius 3 is 2.55 bits per heavy atom. The average Bonchev–Trinajstić information content (AvgIpc) is 2.74. The average molecular weight is 279 g/mol. The number of nitro groups is 1. The third-order valence-electron chi connectivity index (χ3n) is 3.40. The maximum Gasteiger partial charge on any atom is 0.345 e. The Labute approximate surface area is 116 Å². The first kappa shape index (κ1) is 14.2. The van der Waals surface area contributed by atoms with E-state index in [-0.39, 0.29) is 17.1 Å². The fourth-order valence-electron chi connectivity index (χ4n) is 2.41. The molecule has 1 aromatic rings. The third kappa shape index (κ3) is 2.87. The number of carbonyl (C=O) groups excluding carboxylic acids is 1. The van der Waals surface area contributed by atoms with Crippen molar-refractivity contribution in [1.82, 2.24) is 4.98 Å². The lowest BCUT2D eigenvalue weighted by Gasteiger charge is -2.21. The molecule has 7 heteroatoms. The second kappa shape index (κ2) is 6.31. The fourth-order valence-corrected chi connectivity index (χ4v) is 2.41. The Bertz CT molecular complexity index is 510. The minimum atomic E-state index is -0.713. The lowest BCUT2D eigenvalue weighted by molar-refractivity contribution is -0.384. The van der Waals surface area contributed by atoms with Crippen LogP contribution in [0.25, 0.3) is 0 Å². The van der Waals surface area contributed by atoms with E-state index < -0.39 is 10.9 Å². The quantitative estimate of drug-likeness (QED) is 0.479. The van der Waals surface area contributed by atoms with Gasteiger partial charge in [0.05, 0.1) is 12.0 Å². The van der Waals surface area contributed by atoms with Gasteiger partial charge in [-0.1, -0.05) is 12.8 Å². The zero-order valence-electron chi connectivity index (χ0n) is 11.4. The van der Waals surface area contributed by atoms with E-state index >= 15 is 0 Å². The number of ether oxygens (including phenoxy) is 1. The van der Waals surface area contributed by atoms with E-state index in [1.54, 1.807) is 0 Å². The van der Waals surface area contributed by atoms with Gasteiger partial charge in [0.15, 0.2) is 0 Å². The summed E-state index contributed by atoms with van der Waals surface area (Å²) in [5, 5.41) is 11.3. The fraction of sp³-hybridized carbons (Fsp3) is 0.538. The SMILES string of the molecule is COC(=O)c1ccnc(N2CCCCCC2)c1[N+](=O)[O-]. The van der Waals surface area contributed by atoms with Gasteiger partial charge < -0.3 is 9.64 Å². The number of hydrogen-bond acceptors (Lipinski definition) is 6. The van der Waals surface area contributed by atoms with Crippen LogP contribution in [0.15, 0.2) is 12.3 Å². The molecule has 1 fully saturated rings. The van der Waals surface area contributed by atoms with Crippen LogP contribution in [0.5, 0.6) is 0 Å². The summed E-state index contributed by atoms with van der Waals surface area (Å²) in [6.07, 6.45) is 5.59. The number of pyridine rings is 1. The second-order valence-corrected chi connectivity index (χ2v) is 4.68. The molecule has 0 N–H and O–H groups in total. The van der Waals surface area contributed by atoms with Crippen LogP contribution in [0.3, 0.4) is 0 Å². The summed E-state index contributed by atoms with van der Waals surface area (Å²) < 4.78 is 4.60. The lowest BCUT2D eigenvalue weighted by atomic mass is 10.2. The van der Waals surface area contributed by atoms with Crippen molar-refractivity contribution in [2.75, 3.05) is 25.1 Å². The van der Waals surface area contributed by atoms with Crippen LogP contribution < -0.4 is 4.90 Å². The Kier molecular flexibility index (Phi) is 4.49. The monoisotopic (exact) mass is 279 g/mol. The van der Waals surface area contributed by atoms with Gasteiger partial charge in [-0.05, 0) is 18.9 Å². The van der Waals surface area contributed by atoms with Crippen LogP contribution in [-0.2, 0) is 4.74 Å². The number of hydrogen-bond donors (Lipinski definition) is 0. The smallest absolute Gasteiger partial charge is 0.345 e. The van der Waals surface area contributed by atoms with Gasteiger partial charge in [0.1, 0.15) is 5.56 Å². The summed E-state index contributed by atoms with van der Waals surface area (Å²) in [4.78, 5) is 28.4. The van der Waals surface area contributed by atoms with Crippen molar-refractivity contribution in [2.24, 2.45) is 0 Å². The molecule has 1 aromatic heterocycles. The van der Waals surface area contributed by atoms with Gasteiger partial charge >= 0.3 is 11.7 Å². The van der Waals surface area contributed by atoms with Crippen molar-refractivity contribution in [1.29, 1.82) is 0 Å². The van der Waals surface area contributed by atoms with Crippen LogP contribution >= 0.6 is 0 Å². The van der Waals surface area contributed by atoms with E-state index in [0.29, 0.717) is 0 Å². The summed E-state index contributed by atoms with van der Waals surface area (Å²) in [5.74, 6) is -0.449. The molecule has 20 heavy (non-hydrogen) atoms. The molecule has 2 heterocycles. The molecule has 0 amide bonds. The van der Waals surface area contributed by atoms with Gasteiger partial charge in [-0.3, -0.25) is 10.1 Å². The Morgan fingerprint density at radius 2 is 2.00 bits per heavy atom. The van der Waals surface area contributed by atoms with Crippen molar-refractivity contribution in [3.63, 3.8) is 0 Å². The zero-order valence-corrected chi connectivity index (χ0v) is 11.4. The van der Waals surface area contributed by atoms with Crippen molar-refractivity contribution in [3.05, 3.63) is 27.9 Å². The van der Waals surface area contributed by atoms with E-state index in [2.05, 4.69) is 9.72 Å². The van der Waals surface area contributed by atoms with Gasteiger partial charge in [0.2, 0.25) is 5.82 Å². The number of nitrogens with zero attached hydrogens (tertiary/aromatic N) is 3. The summed E-state index contributed by atoms with van der Waals surface area (Å²) in [6, 6.07) is 1.32. The highest BCUT2D eigenvalue weighted by Crippen LogP contribution is 2.31. The Morgan fingerprint density at radius 1 is 1.35 bits per heavy atom. The lowest BCUT2D eigenvalue weighted by Crippen LogP contribution is -2.26. The van der Waals surface area contributed by atoms with E-state index in [1.807, 2.05) is 4.90 Å². The van der Waals surface area contributed by atoms with Gasteiger partial charge in [-0.25, -0.2) is 9.78 Å². The van der Waals surface area contributed by atoms with Crippen LogP contribution in [0.2, 0.25) is 0 Å². The van der Waals surface area contributed by atoms with E-state index in [4.69, 9.17) is 0 Å². The molecular weight excluding hydrogens is 262 g/mol. The molecule has 0 aromatic carbocycles. The highest BCUT2D eigenvalue weighted by molar-refractivity contribution is 5.96. The first-order valence-electron chi connectivity index (χ1n) is 6.62. The summed E-state index contributed by atoms with van der Waals surface area (Å²) >= 11 is 0. The number of aromatic nitrogens is 1. The topological polar surface area (TPSA) is 85.6 Å². The molecule has 0 unspecified atom stereocenters. The van der Waals surface area contributed by atoms with Crippen molar-refractivity contribution in [3.8, 4) is 0 Å². The normalized spacial score (nSPS) is 15.6.